The minimum absolute atomic E-state index is 0.159. The summed E-state index contributed by atoms with van der Waals surface area (Å²) in [5, 5.41) is 4.33. The first-order chi connectivity index (χ1) is 10.0. The molecule has 2 rings (SSSR count). The van der Waals surface area contributed by atoms with E-state index < -0.39 is 0 Å². The second-order valence-corrected chi connectivity index (χ2v) is 6.38. The summed E-state index contributed by atoms with van der Waals surface area (Å²) in [7, 11) is 1.68. The van der Waals surface area contributed by atoms with Gasteiger partial charge in [0.25, 0.3) is 0 Å². The van der Waals surface area contributed by atoms with Crippen LogP contribution in [0.2, 0.25) is 5.02 Å². The first-order valence-electron chi connectivity index (χ1n) is 6.86. The van der Waals surface area contributed by atoms with Crippen LogP contribution < -0.4 is 10.1 Å². The SMILES string of the molecule is COc1cccc(C(C)NC(C)c2ccc(Br)cc2Cl)c1. The fourth-order valence-electron chi connectivity index (χ4n) is 2.32. The Kier molecular flexibility index (Phi) is 5.68. The van der Waals surface area contributed by atoms with Gasteiger partial charge in [-0.15, -0.1) is 0 Å². The number of benzene rings is 2. The van der Waals surface area contributed by atoms with Crippen molar-refractivity contribution in [3.63, 3.8) is 0 Å². The average molecular weight is 369 g/mol. The maximum absolute atomic E-state index is 6.31. The van der Waals surface area contributed by atoms with Gasteiger partial charge >= 0.3 is 0 Å². The standard InChI is InChI=1S/C17H19BrClNO/c1-11(13-5-4-6-15(9-13)21-3)20-12(2)16-8-7-14(18)10-17(16)19/h4-12,20H,1-3H3. The fourth-order valence-corrected chi connectivity index (χ4v) is 3.16. The van der Waals surface area contributed by atoms with Crippen molar-refractivity contribution in [1.82, 2.24) is 5.32 Å². The minimum atomic E-state index is 0.159. The zero-order valence-corrected chi connectivity index (χ0v) is 14.7. The van der Waals surface area contributed by atoms with Gasteiger partial charge in [-0.1, -0.05) is 45.7 Å². The Bertz CT molecular complexity index is 617. The summed E-state index contributed by atoms with van der Waals surface area (Å²) in [4.78, 5) is 0. The second kappa shape index (κ2) is 7.30. The number of methoxy groups -OCH3 is 1. The van der Waals surface area contributed by atoms with Crippen LogP contribution in [0.1, 0.15) is 37.1 Å². The van der Waals surface area contributed by atoms with Crippen LogP contribution >= 0.6 is 27.5 Å². The minimum Gasteiger partial charge on any atom is -0.497 e. The van der Waals surface area contributed by atoms with Gasteiger partial charge in [0, 0.05) is 21.6 Å². The van der Waals surface area contributed by atoms with E-state index in [2.05, 4.69) is 41.2 Å². The quantitative estimate of drug-likeness (QED) is 0.750. The predicted octanol–water partition coefficient (Wildman–Crippen LogP) is 5.52. The normalized spacial score (nSPS) is 13.8. The van der Waals surface area contributed by atoms with Crippen LogP contribution in [-0.2, 0) is 0 Å². The molecule has 2 aromatic rings. The molecule has 0 amide bonds. The van der Waals surface area contributed by atoms with E-state index in [0.717, 1.165) is 20.8 Å². The van der Waals surface area contributed by atoms with E-state index in [1.165, 1.54) is 5.56 Å². The van der Waals surface area contributed by atoms with Gasteiger partial charge in [0.05, 0.1) is 7.11 Å². The molecule has 0 aliphatic rings. The Morgan fingerprint density at radius 3 is 2.52 bits per heavy atom. The summed E-state index contributed by atoms with van der Waals surface area (Å²) >= 11 is 9.74. The number of ether oxygens (including phenoxy) is 1. The van der Waals surface area contributed by atoms with E-state index in [1.54, 1.807) is 7.11 Å². The number of rotatable bonds is 5. The summed E-state index contributed by atoms with van der Waals surface area (Å²) < 4.78 is 6.26. The van der Waals surface area contributed by atoms with Gasteiger partial charge in [-0.2, -0.15) is 0 Å². The molecule has 0 aliphatic carbocycles. The lowest BCUT2D eigenvalue weighted by Crippen LogP contribution is -2.22. The third-order valence-corrected chi connectivity index (χ3v) is 4.34. The molecule has 0 bridgehead atoms. The molecule has 0 fully saturated rings. The Balaban J connectivity index is 2.12. The lowest BCUT2D eigenvalue weighted by atomic mass is 10.0. The molecule has 2 unspecified atom stereocenters. The Labute approximate surface area is 139 Å². The smallest absolute Gasteiger partial charge is 0.119 e. The van der Waals surface area contributed by atoms with Gasteiger partial charge in [0.1, 0.15) is 5.75 Å². The molecule has 4 heteroatoms. The number of hydrogen-bond acceptors (Lipinski definition) is 2. The Morgan fingerprint density at radius 2 is 1.86 bits per heavy atom. The zero-order valence-electron chi connectivity index (χ0n) is 12.4. The first kappa shape index (κ1) is 16.3. The van der Waals surface area contributed by atoms with Gasteiger partial charge in [-0.3, -0.25) is 0 Å². The molecule has 1 N–H and O–H groups in total. The monoisotopic (exact) mass is 367 g/mol. The largest absolute Gasteiger partial charge is 0.497 e. The molecule has 0 aromatic heterocycles. The summed E-state index contributed by atoms with van der Waals surface area (Å²) in [6, 6.07) is 14.4. The van der Waals surface area contributed by atoms with Gasteiger partial charge < -0.3 is 10.1 Å². The molecule has 0 saturated heterocycles. The van der Waals surface area contributed by atoms with Crippen molar-refractivity contribution in [3.05, 3.63) is 63.1 Å². The van der Waals surface area contributed by atoms with Crippen molar-refractivity contribution < 1.29 is 4.74 Å². The van der Waals surface area contributed by atoms with E-state index >= 15 is 0 Å². The summed E-state index contributed by atoms with van der Waals surface area (Å²) in [5.74, 6) is 0.871. The van der Waals surface area contributed by atoms with Crippen molar-refractivity contribution in [2.24, 2.45) is 0 Å². The highest BCUT2D eigenvalue weighted by Crippen LogP contribution is 2.28. The van der Waals surface area contributed by atoms with Gasteiger partial charge in [0.2, 0.25) is 0 Å². The fraction of sp³-hybridized carbons (Fsp3) is 0.294. The van der Waals surface area contributed by atoms with E-state index in [1.807, 2.05) is 36.4 Å². The van der Waals surface area contributed by atoms with Gasteiger partial charge in [-0.25, -0.2) is 0 Å². The van der Waals surface area contributed by atoms with Crippen LogP contribution in [0, 0.1) is 0 Å². The molecule has 0 radical (unpaired) electrons. The number of hydrogen-bond donors (Lipinski definition) is 1. The molecule has 0 aliphatic heterocycles. The summed E-state index contributed by atoms with van der Waals surface area (Å²) in [5.41, 5.74) is 2.28. The lowest BCUT2D eigenvalue weighted by Gasteiger charge is -2.22. The van der Waals surface area contributed by atoms with Crippen molar-refractivity contribution >= 4 is 27.5 Å². The third-order valence-electron chi connectivity index (χ3n) is 3.52. The van der Waals surface area contributed by atoms with E-state index in [0.29, 0.717) is 0 Å². The summed E-state index contributed by atoms with van der Waals surface area (Å²) in [6.45, 7) is 4.25. The molecule has 2 aromatic carbocycles. The third kappa shape index (κ3) is 4.22. The highest BCUT2D eigenvalue weighted by Gasteiger charge is 2.14. The van der Waals surface area contributed by atoms with Crippen LogP contribution in [0.25, 0.3) is 0 Å². The topological polar surface area (TPSA) is 21.3 Å². The maximum atomic E-state index is 6.31. The van der Waals surface area contributed by atoms with Crippen LogP contribution in [0.5, 0.6) is 5.75 Å². The maximum Gasteiger partial charge on any atom is 0.119 e. The Morgan fingerprint density at radius 1 is 1.10 bits per heavy atom. The van der Waals surface area contributed by atoms with E-state index in [4.69, 9.17) is 16.3 Å². The number of nitrogens with one attached hydrogen (secondary N) is 1. The predicted molar refractivity (Wildman–Crippen MR) is 92.1 cm³/mol. The van der Waals surface area contributed by atoms with Crippen molar-refractivity contribution in [2.45, 2.75) is 25.9 Å². The molecular formula is C17H19BrClNO. The highest BCUT2D eigenvalue weighted by molar-refractivity contribution is 9.10. The average Bonchev–Trinajstić information content (AvgIpc) is 2.47. The van der Waals surface area contributed by atoms with Gasteiger partial charge in [0.15, 0.2) is 0 Å². The van der Waals surface area contributed by atoms with Crippen LogP contribution in [0.3, 0.4) is 0 Å². The van der Waals surface area contributed by atoms with E-state index in [9.17, 15) is 0 Å². The van der Waals surface area contributed by atoms with Crippen LogP contribution in [-0.4, -0.2) is 7.11 Å². The molecule has 2 nitrogen and oxygen atoms in total. The molecule has 0 heterocycles. The molecule has 21 heavy (non-hydrogen) atoms. The highest BCUT2D eigenvalue weighted by atomic mass is 79.9. The van der Waals surface area contributed by atoms with Crippen molar-refractivity contribution in [3.8, 4) is 5.75 Å². The van der Waals surface area contributed by atoms with Crippen LogP contribution in [0.15, 0.2) is 46.9 Å². The molecule has 112 valence electrons. The molecule has 0 saturated carbocycles. The second-order valence-electron chi connectivity index (χ2n) is 5.05. The first-order valence-corrected chi connectivity index (χ1v) is 8.03. The van der Waals surface area contributed by atoms with Crippen molar-refractivity contribution in [1.29, 1.82) is 0 Å². The Hall–Kier alpha value is -1.03. The number of halogens is 2. The van der Waals surface area contributed by atoms with Crippen molar-refractivity contribution in [2.75, 3.05) is 7.11 Å². The molecule has 2 atom stereocenters. The van der Waals surface area contributed by atoms with Crippen LogP contribution in [0.4, 0.5) is 0 Å². The summed E-state index contributed by atoms with van der Waals surface area (Å²) in [6.07, 6.45) is 0. The van der Waals surface area contributed by atoms with Gasteiger partial charge in [-0.05, 0) is 49.2 Å². The molecular weight excluding hydrogens is 350 g/mol. The molecule has 0 spiro atoms. The van der Waals surface area contributed by atoms with E-state index in [-0.39, 0.29) is 12.1 Å². The zero-order chi connectivity index (χ0) is 15.4. The lowest BCUT2D eigenvalue weighted by molar-refractivity contribution is 0.412.